The molecule has 0 saturated carbocycles. The first kappa shape index (κ1) is 14.1. The molecule has 0 aliphatic carbocycles. The molecule has 4 rings (SSSR count). The first-order chi connectivity index (χ1) is 11.2. The molecule has 4 heterocycles. The number of ether oxygens (including phenoxy) is 1. The van der Waals surface area contributed by atoms with Crippen LogP contribution in [0.4, 0.5) is 10.2 Å². The van der Waals surface area contributed by atoms with Gasteiger partial charge in [-0.25, -0.2) is 19.3 Å². The number of nitrogens with zero attached hydrogens (tertiary/aromatic N) is 5. The summed E-state index contributed by atoms with van der Waals surface area (Å²) in [4.78, 5) is 14.9. The summed E-state index contributed by atoms with van der Waals surface area (Å²) in [5.74, 6) is 0.430. The van der Waals surface area contributed by atoms with Crippen molar-refractivity contribution in [3.63, 3.8) is 0 Å². The second kappa shape index (κ2) is 5.58. The summed E-state index contributed by atoms with van der Waals surface area (Å²) in [7, 11) is 1.93. The van der Waals surface area contributed by atoms with Gasteiger partial charge in [-0.3, -0.25) is 0 Å². The van der Waals surface area contributed by atoms with Gasteiger partial charge in [0, 0.05) is 43.5 Å². The highest BCUT2D eigenvalue weighted by atomic mass is 19.1. The van der Waals surface area contributed by atoms with Crippen LogP contribution in [0.3, 0.4) is 0 Å². The summed E-state index contributed by atoms with van der Waals surface area (Å²) in [5.41, 5.74) is 1.70. The quantitative estimate of drug-likeness (QED) is 0.724. The average molecular weight is 313 g/mol. The summed E-state index contributed by atoms with van der Waals surface area (Å²) in [6.45, 7) is 2.42. The maximum atomic E-state index is 14.2. The Morgan fingerprint density at radius 1 is 1.17 bits per heavy atom. The van der Waals surface area contributed by atoms with Crippen molar-refractivity contribution in [2.75, 3.05) is 31.2 Å². The molecule has 1 fully saturated rings. The molecule has 3 aromatic heterocycles. The molecule has 3 aromatic rings. The van der Waals surface area contributed by atoms with E-state index in [9.17, 15) is 4.39 Å². The Morgan fingerprint density at radius 2 is 2.00 bits per heavy atom. The van der Waals surface area contributed by atoms with Crippen molar-refractivity contribution in [3.05, 3.63) is 36.5 Å². The van der Waals surface area contributed by atoms with E-state index in [0.29, 0.717) is 37.9 Å². The number of rotatable bonds is 2. The molecule has 7 heteroatoms. The van der Waals surface area contributed by atoms with Gasteiger partial charge in [0.1, 0.15) is 5.65 Å². The third kappa shape index (κ3) is 2.43. The third-order valence-electron chi connectivity index (χ3n) is 4.05. The van der Waals surface area contributed by atoms with Crippen LogP contribution in [0.25, 0.3) is 22.4 Å². The van der Waals surface area contributed by atoms with E-state index >= 15 is 0 Å². The van der Waals surface area contributed by atoms with Gasteiger partial charge in [0.25, 0.3) is 0 Å². The molecule has 0 spiro atoms. The largest absolute Gasteiger partial charge is 0.378 e. The topological polar surface area (TPSA) is 56.1 Å². The van der Waals surface area contributed by atoms with Gasteiger partial charge in [-0.1, -0.05) is 0 Å². The Bertz CT molecular complexity index is 857. The zero-order valence-electron chi connectivity index (χ0n) is 12.7. The highest BCUT2D eigenvalue weighted by molar-refractivity contribution is 5.91. The van der Waals surface area contributed by atoms with Gasteiger partial charge in [-0.15, -0.1) is 0 Å². The van der Waals surface area contributed by atoms with Crippen LogP contribution in [0.1, 0.15) is 0 Å². The zero-order chi connectivity index (χ0) is 15.8. The number of hydrogen-bond donors (Lipinski definition) is 0. The lowest BCUT2D eigenvalue weighted by atomic mass is 10.1. The Balaban J connectivity index is 1.82. The molecule has 118 valence electrons. The molecule has 1 aliphatic rings. The summed E-state index contributed by atoms with van der Waals surface area (Å²) < 4.78 is 21.4. The fourth-order valence-corrected chi connectivity index (χ4v) is 2.84. The van der Waals surface area contributed by atoms with Crippen molar-refractivity contribution < 1.29 is 9.13 Å². The summed E-state index contributed by atoms with van der Waals surface area (Å²) in [6.07, 6.45) is 4.90. The van der Waals surface area contributed by atoms with Crippen LogP contribution in [0.2, 0.25) is 0 Å². The molecule has 0 atom stereocenters. The number of aryl methyl sites for hydroxylation is 1. The standard InChI is InChI=1S/C16H16FN5O/c1-21-5-3-12-11(2-4-18-15(12)21)14-19-10-13(17)16(20-14)22-6-8-23-9-7-22/h2-5,10H,6-9H2,1H3. The van der Waals surface area contributed by atoms with Crippen molar-refractivity contribution >= 4 is 16.9 Å². The summed E-state index contributed by atoms with van der Waals surface area (Å²) in [5, 5.41) is 0.953. The normalized spacial score (nSPS) is 15.3. The van der Waals surface area contributed by atoms with E-state index in [0.717, 1.165) is 16.6 Å². The molecular weight excluding hydrogens is 297 g/mol. The fourth-order valence-electron chi connectivity index (χ4n) is 2.84. The SMILES string of the molecule is Cn1ccc2c(-c3ncc(F)c(N4CCOCC4)n3)ccnc21. The number of halogens is 1. The smallest absolute Gasteiger partial charge is 0.183 e. The monoisotopic (exact) mass is 313 g/mol. The molecule has 0 N–H and O–H groups in total. The van der Waals surface area contributed by atoms with Crippen molar-refractivity contribution in [2.24, 2.45) is 7.05 Å². The number of anilines is 1. The average Bonchev–Trinajstić information content (AvgIpc) is 2.98. The Labute approximate surface area is 132 Å². The van der Waals surface area contributed by atoms with Gasteiger partial charge in [-0.2, -0.15) is 0 Å². The van der Waals surface area contributed by atoms with Crippen LogP contribution in [-0.4, -0.2) is 45.8 Å². The molecule has 0 unspecified atom stereocenters. The molecular formula is C16H16FN5O. The van der Waals surface area contributed by atoms with Crippen LogP contribution in [0, 0.1) is 5.82 Å². The second-order valence-electron chi connectivity index (χ2n) is 5.49. The van der Waals surface area contributed by atoms with Gasteiger partial charge in [-0.05, 0) is 12.1 Å². The lowest BCUT2D eigenvalue weighted by Gasteiger charge is -2.28. The molecule has 0 radical (unpaired) electrons. The van der Waals surface area contributed by atoms with Crippen molar-refractivity contribution in [3.8, 4) is 11.4 Å². The predicted octanol–water partition coefficient (Wildman–Crippen LogP) is 2.01. The van der Waals surface area contributed by atoms with Crippen molar-refractivity contribution in [1.29, 1.82) is 0 Å². The van der Waals surface area contributed by atoms with Crippen LogP contribution < -0.4 is 4.90 Å². The van der Waals surface area contributed by atoms with Gasteiger partial charge in [0.15, 0.2) is 17.5 Å². The van der Waals surface area contributed by atoms with E-state index in [1.54, 1.807) is 6.20 Å². The maximum absolute atomic E-state index is 14.2. The number of aromatic nitrogens is 4. The van der Waals surface area contributed by atoms with E-state index < -0.39 is 5.82 Å². The Hall–Kier alpha value is -2.54. The van der Waals surface area contributed by atoms with Gasteiger partial charge < -0.3 is 14.2 Å². The molecule has 0 bridgehead atoms. The van der Waals surface area contributed by atoms with Crippen molar-refractivity contribution in [1.82, 2.24) is 19.5 Å². The summed E-state index contributed by atoms with van der Waals surface area (Å²) in [6, 6.07) is 3.83. The zero-order valence-corrected chi connectivity index (χ0v) is 12.7. The van der Waals surface area contributed by atoms with Crippen LogP contribution in [0.15, 0.2) is 30.7 Å². The second-order valence-corrected chi connectivity index (χ2v) is 5.49. The van der Waals surface area contributed by atoms with E-state index in [4.69, 9.17) is 4.74 Å². The van der Waals surface area contributed by atoms with E-state index in [-0.39, 0.29) is 0 Å². The van der Waals surface area contributed by atoms with Gasteiger partial charge >= 0.3 is 0 Å². The fraction of sp³-hybridized carbons (Fsp3) is 0.312. The van der Waals surface area contributed by atoms with Crippen LogP contribution in [0.5, 0.6) is 0 Å². The number of pyridine rings is 1. The first-order valence-electron chi connectivity index (χ1n) is 7.49. The molecule has 23 heavy (non-hydrogen) atoms. The Kier molecular flexibility index (Phi) is 3.42. The summed E-state index contributed by atoms with van der Waals surface area (Å²) >= 11 is 0. The van der Waals surface area contributed by atoms with Gasteiger partial charge in [0.2, 0.25) is 0 Å². The third-order valence-corrected chi connectivity index (χ3v) is 4.05. The first-order valence-corrected chi connectivity index (χ1v) is 7.49. The van der Waals surface area contributed by atoms with Gasteiger partial charge in [0.05, 0.1) is 19.4 Å². The molecule has 6 nitrogen and oxygen atoms in total. The van der Waals surface area contributed by atoms with E-state index in [1.165, 1.54) is 6.20 Å². The minimum absolute atomic E-state index is 0.333. The minimum atomic E-state index is -0.408. The van der Waals surface area contributed by atoms with Crippen LogP contribution >= 0.6 is 0 Å². The van der Waals surface area contributed by atoms with E-state index in [2.05, 4.69) is 15.0 Å². The number of fused-ring (bicyclic) bond motifs is 1. The lowest BCUT2D eigenvalue weighted by molar-refractivity contribution is 0.122. The lowest BCUT2D eigenvalue weighted by Crippen LogP contribution is -2.37. The molecule has 0 amide bonds. The minimum Gasteiger partial charge on any atom is -0.378 e. The molecule has 1 aliphatic heterocycles. The van der Waals surface area contributed by atoms with Crippen molar-refractivity contribution in [2.45, 2.75) is 0 Å². The molecule has 0 aromatic carbocycles. The van der Waals surface area contributed by atoms with Crippen LogP contribution in [-0.2, 0) is 11.8 Å². The number of hydrogen-bond acceptors (Lipinski definition) is 5. The molecule has 1 saturated heterocycles. The highest BCUT2D eigenvalue weighted by Gasteiger charge is 2.19. The predicted molar refractivity (Wildman–Crippen MR) is 84.7 cm³/mol. The Morgan fingerprint density at radius 3 is 2.83 bits per heavy atom. The highest BCUT2D eigenvalue weighted by Crippen LogP contribution is 2.27. The number of morpholine rings is 1. The van der Waals surface area contributed by atoms with E-state index in [1.807, 2.05) is 34.8 Å². The maximum Gasteiger partial charge on any atom is 0.183 e.